The summed E-state index contributed by atoms with van der Waals surface area (Å²) in [5, 5.41) is 5.57. The van der Waals surface area contributed by atoms with Crippen molar-refractivity contribution < 1.29 is 4.74 Å². The predicted octanol–water partition coefficient (Wildman–Crippen LogP) is 2.75. The molecule has 0 spiro atoms. The Morgan fingerprint density at radius 2 is 2.37 bits per heavy atom. The molecule has 1 saturated heterocycles. The molecule has 0 aromatic carbocycles. The van der Waals surface area contributed by atoms with Crippen LogP contribution in [0, 0.1) is 0 Å². The third-order valence-electron chi connectivity index (χ3n) is 3.72. The van der Waals surface area contributed by atoms with Crippen LogP contribution < -0.4 is 5.32 Å². The van der Waals surface area contributed by atoms with E-state index in [0.717, 1.165) is 26.1 Å². The van der Waals surface area contributed by atoms with Crippen LogP contribution in [0.1, 0.15) is 18.7 Å². The summed E-state index contributed by atoms with van der Waals surface area (Å²) in [4.78, 5) is 3.90. The largest absolute Gasteiger partial charge is 0.374 e. The lowest BCUT2D eigenvalue weighted by atomic mass is 10.0. The molecule has 2 rings (SSSR count). The van der Waals surface area contributed by atoms with Crippen LogP contribution in [0.4, 0.5) is 0 Å². The van der Waals surface area contributed by atoms with Gasteiger partial charge in [0.25, 0.3) is 0 Å². The maximum absolute atomic E-state index is 5.98. The Bertz CT molecular complexity index is 397. The third kappa shape index (κ3) is 4.26. The summed E-state index contributed by atoms with van der Waals surface area (Å²) in [5.41, 5.74) is 0. The molecule has 0 amide bonds. The van der Waals surface area contributed by atoms with E-state index in [1.54, 1.807) is 0 Å². The summed E-state index contributed by atoms with van der Waals surface area (Å²) in [6, 6.07) is 3.18. The van der Waals surface area contributed by atoms with E-state index in [9.17, 15) is 0 Å². The van der Waals surface area contributed by atoms with Gasteiger partial charge in [0.05, 0.1) is 12.7 Å². The van der Waals surface area contributed by atoms with Gasteiger partial charge >= 0.3 is 0 Å². The summed E-state index contributed by atoms with van der Waals surface area (Å²) in [6.45, 7) is 7.43. The zero-order chi connectivity index (χ0) is 13.8. The van der Waals surface area contributed by atoms with Crippen molar-refractivity contribution in [3.63, 3.8) is 0 Å². The van der Waals surface area contributed by atoms with Gasteiger partial charge in [0.1, 0.15) is 0 Å². The molecule has 0 aliphatic carbocycles. The maximum Gasteiger partial charge on any atom is 0.0858 e. The molecule has 1 fully saturated rings. The van der Waals surface area contributed by atoms with E-state index in [2.05, 4.69) is 51.4 Å². The first kappa shape index (κ1) is 15.4. The van der Waals surface area contributed by atoms with Gasteiger partial charge < -0.3 is 10.1 Å². The summed E-state index contributed by atoms with van der Waals surface area (Å²) in [5.74, 6) is 0. The van der Waals surface area contributed by atoms with Gasteiger partial charge in [0.15, 0.2) is 0 Å². The van der Waals surface area contributed by atoms with E-state index in [1.807, 2.05) is 18.4 Å². The fourth-order valence-corrected chi connectivity index (χ4v) is 4.02. The average molecular weight is 347 g/mol. The topological polar surface area (TPSA) is 24.5 Å². The monoisotopic (exact) mass is 346 g/mol. The fraction of sp³-hybridized carbons (Fsp3) is 0.714. The first-order valence-corrected chi connectivity index (χ1v) is 8.53. The zero-order valence-electron chi connectivity index (χ0n) is 11.9. The molecule has 108 valence electrons. The van der Waals surface area contributed by atoms with E-state index < -0.39 is 0 Å². The minimum Gasteiger partial charge on any atom is -0.374 e. The van der Waals surface area contributed by atoms with Crippen molar-refractivity contribution in [3.05, 3.63) is 20.8 Å². The van der Waals surface area contributed by atoms with Gasteiger partial charge in [-0.3, -0.25) is 4.90 Å². The predicted molar refractivity (Wildman–Crippen MR) is 85.0 cm³/mol. The van der Waals surface area contributed by atoms with Crippen LogP contribution in [0.2, 0.25) is 0 Å². The van der Waals surface area contributed by atoms with Crippen LogP contribution in [-0.4, -0.2) is 49.8 Å². The van der Waals surface area contributed by atoms with Gasteiger partial charge in [-0.1, -0.05) is 0 Å². The van der Waals surface area contributed by atoms with Crippen LogP contribution in [0.3, 0.4) is 0 Å². The molecule has 3 nitrogen and oxygen atoms in total. The molecular weight excluding hydrogens is 324 g/mol. The molecule has 2 atom stereocenters. The molecule has 19 heavy (non-hydrogen) atoms. The number of likely N-dealkylation sites (N-methyl/N-ethyl adjacent to an activating group) is 1. The van der Waals surface area contributed by atoms with Gasteiger partial charge in [0.2, 0.25) is 0 Å². The summed E-state index contributed by atoms with van der Waals surface area (Å²) < 4.78 is 7.16. The molecule has 2 heterocycles. The van der Waals surface area contributed by atoms with Crippen molar-refractivity contribution >= 4 is 27.3 Å². The van der Waals surface area contributed by atoms with Crippen molar-refractivity contribution in [1.82, 2.24) is 10.2 Å². The Hall–Kier alpha value is 0.0600. The van der Waals surface area contributed by atoms with E-state index in [1.165, 1.54) is 9.35 Å². The van der Waals surface area contributed by atoms with Gasteiger partial charge in [0, 0.05) is 39.9 Å². The highest BCUT2D eigenvalue weighted by Gasteiger charge is 2.28. The minimum atomic E-state index is 0.280. The SMILES string of the molecule is CNC(Cc1cc(Br)cs1)C1CN(C(C)C)CCO1. The number of ether oxygens (including phenoxy) is 1. The Kier molecular flexibility index (Phi) is 5.84. The minimum absolute atomic E-state index is 0.280. The first-order valence-electron chi connectivity index (χ1n) is 6.86. The van der Waals surface area contributed by atoms with Crippen molar-refractivity contribution in [2.75, 3.05) is 26.7 Å². The molecule has 1 aliphatic heterocycles. The Labute approximate surface area is 128 Å². The van der Waals surface area contributed by atoms with E-state index >= 15 is 0 Å². The quantitative estimate of drug-likeness (QED) is 0.887. The molecule has 1 aliphatic rings. The third-order valence-corrected chi connectivity index (χ3v) is 5.44. The van der Waals surface area contributed by atoms with Crippen molar-refractivity contribution in [2.45, 2.75) is 38.5 Å². The Balaban J connectivity index is 1.96. The zero-order valence-corrected chi connectivity index (χ0v) is 14.3. The molecule has 0 saturated carbocycles. The highest BCUT2D eigenvalue weighted by Crippen LogP contribution is 2.23. The van der Waals surface area contributed by atoms with Crippen molar-refractivity contribution in [2.24, 2.45) is 0 Å². The number of rotatable bonds is 5. The van der Waals surface area contributed by atoms with Crippen LogP contribution in [0.15, 0.2) is 15.9 Å². The Morgan fingerprint density at radius 3 is 2.95 bits per heavy atom. The van der Waals surface area contributed by atoms with Gasteiger partial charge in [-0.2, -0.15) is 0 Å². The van der Waals surface area contributed by atoms with E-state index in [0.29, 0.717) is 12.1 Å². The number of morpholine rings is 1. The molecule has 1 N–H and O–H groups in total. The van der Waals surface area contributed by atoms with E-state index in [-0.39, 0.29) is 6.10 Å². The summed E-state index contributed by atoms with van der Waals surface area (Å²) in [6.07, 6.45) is 1.31. The van der Waals surface area contributed by atoms with Gasteiger partial charge in [-0.25, -0.2) is 0 Å². The second-order valence-electron chi connectivity index (χ2n) is 5.33. The second kappa shape index (κ2) is 7.18. The van der Waals surface area contributed by atoms with Gasteiger partial charge in [-0.05, 0) is 49.3 Å². The van der Waals surface area contributed by atoms with Crippen LogP contribution in [-0.2, 0) is 11.2 Å². The lowest BCUT2D eigenvalue weighted by Crippen LogP contribution is -2.53. The first-order chi connectivity index (χ1) is 9.10. The number of nitrogens with zero attached hydrogens (tertiary/aromatic N) is 1. The summed E-state index contributed by atoms with van der Waals surface area (Å²) >= 11 is 5.33. The molecule has 5 heteroatoms. The van der Waals surface area contributed by atoms with Crippen LogP contribution >= 0.6 is 27.3 Å². The van der Waals surface area contributed by atoms with Crippen LogP contribution in [0.25, 0.3) is 0 Å². The summed E-state index contributed by atoms with van der Waals surface area (Å²) in [7, 11) is 2.03. The number of hydrogen-bond donors (Lipinski definition) is 1. The van der Waals surface area contributed by atoms with E-state index in [4.69, 9.17) is 4.74 Å². The highest BCUT2D eigenvalue weighted by atomic mass is 79.9. The number of nitrogens with one attached hydrogen (secondary N) is 1. The highest BCUT2D eigenvalue weighted by molar-refractivity contribution is 9.10. The average Bonchev–Trinajstić information content (AvgIpc) is 2.81. The lowest BCUT2D eigenvalue weighted by molar-refractivity contribution is -0.0540. The normalized spacial score (nSPS) is 22.9. The van der Waals surface area contributed by atoms with Crippen LogP contribution in [0.5, 0.6) is 0 Å². The number of halogens is 1. The molecule has 1 aromatic heterocycles. The molecule has 0 bridgehead atoms. The maximum atomic E-state index is 5.98. The molecule has 0 radical (unpaired) electrons. The molecule has 2 unspecified atom stereocenters. The second-order valence-corrected chi connectivity index (χ2v) is 7.24. The molecule has 1 aromatic rings. The van der Waals surface area contributed by atoms with Crippen molar-refractivity contribution in [1.29, 1.82) is 0 Å². The molecular formula is C14H23BrN2OS. The Morgan fingerprint density at radius 1 is 1.58 bits per heavy atom. The van der Waals surface area contributed by atoms with Crippen molar-refractivity contribution in [3.8, 4) is 0 Å². The fourth-order valence-electron chi connectivity index (χ4n) is 2.51. The number of hydrogen-bond acceptors (Lipinski definition) is 4. The smallest absolute Gasteiger partial charge is 0.0858 e. The standard InChI is InChI=1S/C14H23BrN2OS/c1-10(2)17-4-5-18-14(8-17)13(16-3)7-12-6-11(15)9-19-12/h6,9-10,13-14,16H,4-5,7-8H2,1-3H3. The van der Waals surface area contributed by atoms with Gasteiger partial charge in [-0.15, -0.1) is 11.3 Å². The number of thiophene rings is 1. The lowest BCUT2D eigenvalue weighted by Gasteiger charge is -2.38.